The number of hydrogen-bond donors (Lipinski definition) is 2. The van der Waals surface area contributed by atoms with E-state index in [0.29, 0.717) is 6.54 Å². The third-order valence-corrected chi connectivity index (χ3v) is 2.23. The van der Waals surface area contributed by atoms with Crippen LogP contribution in [0, 0.1) is 5.92 Å². The van der Waals surface area contributed by atoms with Gasteiger partial charge in [-0.05, 0) is 12.0 Å². The lowest BCUT2D eigenvalue weighted by Gasteiger charge is -2.14. The van der Waals surface area contributed by atoms with Crippen LogP contribution in [0.2, 0.25) is 0 Å². The summed E-state index contributed by atoms with van der Waals surface area (Å²) in [7, 11) is 1.84. The van der Waals surface area contributed by atoms with Crippen LogP contribution >= 0.6 is 0 Å². The highest BCUT2D eigenvalue weighted by atomic mass is 16.2. The van der Waals surface area contributed by atoms with Gasteiger partial charge in [-0.15, -0.1) is 0 Å². The summed E-state index contributed by atoms with van der Waals surface area (Å²) in [5.74, 6) is 0.0179. The number of hydrogen-bond acceptors (Lipinski definition) is 3. The Morgan fingerprint density at radius 3 is 2.80 bits per heavy atom. The van der Waals surface area contributed by atoms with Gasteiger partial charge in [-0.2, -0.15) is 5.10 Å². The van der Waals surface area contributed by atoms with Crippen molar-refractivity contribution in [2.45, 2.75) is 26.4 Å². The number of nitrogens with one attached hydrogen (secondary N) is 1. The van der Waals surface area contributed by atoms with Gasteiger partial charge in [0.1, 0.15) is 0 Å². The van der Waals surface area contributed by atoms with Gasteiger partial charge >= 0.3 is 0 Å². The van der Waals surface area contributed by atoms with Crippen molar-refractivity contribution in [3.63, 3.8) is 0 Å². The molecular formula is C10H18N4O. The number of aromatic nitrogens is 2. The van der Waals surface area contributed by atoms with Crippen molar-refractivity contribution in [2.24, 2.45) is 18.7 Å². The number of carbonyl (C=O) groups is 1. The number of nitrogens with zero attached hydrogens (tertiary/aromatic N) is 2. The Balaban J connectivity index is 2.40. The Bertz CT molecular complexity index is 332. The molecule has 5 nitrogen and oxygen atoms in total. The van der Waals surface area contributed by atoms with Crippen LogP contribution in [0.25, 0.3) is 0 Å². The van der Waals surface area contributed by atoms with Crippen LogP contribution in [-0.2, 0) is 18.4 Å². The average molecular weight is 210 g/mol. The highest BCUT2D eigenvalue weighted by molar-refractivity contribution is 5.81. The summed E-state index contributed by atoms with van der Waals surface area (Å²) >= 11 is 0. The zero-order valence-electron chi connectivity index (χ0n) is 9.40. The Labute approximate surface area is 89.6 Å². The van der Waals surface area contributed by atoms with Crippen molar-refractivity contribution in [2.75, 3.05) is 0 Å². The molecule has 84 valence electrons. The van der Waals surface area contributed by atoms with Crippen LogP contribution in [0.15, 0.2) is 12.3 Å². The minimum atomic E-state index is -0.450. The van der Waals surface area contributed by atoms with Gasteiger partial charge in [0.15, 0.2) is 0 Å². The maximum Gasteiger partial charge on any atom is 0.237 e. The summed E-state index contributed by atoms with van der Waals surface area (Å²) in [5.41, 5.74) is 6.53. The largest absolute Gasteiger partial charge is 0.349 e. The van der Waals surface area contributed by atoms with E-state index in [-0.39, 0.29) is 11.8 Å². The molecule has 0 bridgehead atoms. The van der Waals surface area contributed by atoms with Crippen LogP contribution in [-0.4, -0.2) is 21.7 Å². The van der Waals surface area contributed by atoms with E-state index in [1.165, 1.54) is 0 Å². The molecule has 1 aromatic rings. The normalized spacial score (nSPS) is 12.9. The van der Waals surface area contributed by atoms with E-state index in [1.54, 1.807) is 4.68 Å². The highest BCUT2D eigenvalue weighted by Gasteiger charge is 2.16. The quantitative estimate of drug-likeness (QED) is 0.735. The van der Waals surface area contributed by atoms with E-state index in [9.17, 15) is 4.79 Å². The van der Waals surface area contributed by atoms with Gasteiger partial charge in [0.2, 0.25) is 5.91 Å². The van der Waals surface area contributed by atoms with Gasteiger partial charge < -0.3 is 11.1 Å². The molecule has 1 heterocycles. The summed E-state index contributed by atoms with van der Waals surface area (Å²) in [4.78, 5) is 11.5. The molecule has 0 aromatic carbocycles. The van der Waals surface area contributed by atoms with Crippen LogP contribution in [0.1, 0.15) is 19.5 Å². The second-order valence-corrected chi connectivity index (χ2v) is 3.97. The Hall–Kier alpha value is -1.36. The fourth-order valence-corrected chi connectivity index (χ4v) is 1.16. The maximum absolute atomic E-state index is 11.5. The molecule has 0 radical (unpaired) electrons. The van der Waals surface area contributed by atoms with E-state index < -0.39 is 6.04 Å². The summed E-state index contributed by atoms with van der Waals surface area (Å²) in [6, 6.07) is 1.41. The first-order valence-corrected chi connectivity index (χ1v) is 5.02. The fourth-order valence-electron chi connectivity index (χ4n) is 1.16. The molecule has 0 spiro atoms. The predicted octanol–water partition coefficient (Wildman–Crippen LogP) is 0.0196. The Kier molecular flexibility index (Phi) is 3.85. The molecule has 5 heteroatoms. The minimum absolute atomic E-state index is 0.129. The van der Waals surface area contributed by atoms with E-state index in [0.717, 1.165) is 5.69 Å². The lowest BCUT2D eigenvalue weighted by atomic mass is 10.1. The van der Waals surface area contributed by atoms with Gasteiger partial charge in [-0.3, -0.25) is 9.48 Å². The molecular weight excluding hydrogens is 192 g/mol. The number of carbonyl (C=O) groups excluding carboxylic acids is 1. The molecule has 15 heavy (non-hydrogen) atoms. The topological polar surface area (TPSA) is 72.9 Å². The van der Waals surface area contributed by atoms with Crippen LogP contribution in [0.4, 0.5) is 0 Å². The summed E-state index contributed by atoms with van der Waals surface area (Å²) in [5, 5.41) is 6.90. The predicted molar refractivity (Wildman–Crippen MR) is 57.9 cm³/mol. The van der Waals surface area contributed by atoms with E-state index >= 15 is 0 Å². The average Bonchev–Trinajstić information content (AvgIpc) is 2.59. The van der Waals surface area contributed by atoms with Gasteiger partial charge in [-0.1, -0.05) is 13.8 Å². The number of aryl methyl sites for hydroxylation is 1. The summed E-state index contributed by atoms with van der Waals surface area (Å²) in [6.07, 6.45) is 1.84. The third-order valence-electron chi connectivity index (χ3n) is 2.23. The molecule has 0 fully saturated rings. The van der Waals surface area contributed by atoms with Crippen LogP contribution in [0.5, 0.6) is 0 Å². The molecule has 1 atom stereocenters. The van der Waals surface area contributed by atoms with E-state index in [2.05, 4.69) is 10.4 Å². The molecule has 0 saturated heterocycles. The number of nitrogens with two attached hydrogens (primary N) is 1. The second kappa shape index (κ2) is 4.93. The van der Waals surface area contributed by atoms with Gasteiger partial charge in [0, 0.05) is 13.2 Å². The molecule has 0 aliphatic rings. The first-order chi connectivity index (χ1) is 7.00. The third kappa shape index (κ3) is 3.36. The van der Waals surface area contributed by atoms with E-state index in [1.807, 2.05) is 33.2 Å². The van der Waals surface area contributed by atoms with Crippen molar-refractivity contribution in [1.29, 1.82) is 0 Å². The molecule has 3 N–H and O–H groups in total. The van der Waals surface area contributed by atoms with Gasteiger partial charge in [0.25, 0.3) is 0 Å². The Morgan fingerprint density at radius 2 is 2.33 bits per heavy atom. The van der Waals surface area contributed by atoms with Crippen LogP contribution in [0.3, 0.4) is 0 Å². The molecule has 0 unspecified atom stereocenters. The summed E-state index contributed by atoms with van der Waals surface area (Å²) < 4.78 is 1.70. The fraction of sp³-hybridized carbons (Fsp3) is 0.600. The first-order valence-electron chi connectivity index (χ1n) is 5.02. The SMILES string of the molecule is CC(C)[C@@H](N)C(=O)NCc1ccn(C)n1. The molecule has 0 aliphatic carbocycles. The van der Waals surface area contributed by atoms with Crippen molar-refractivity contribution in [3.05, 3.63) is 18.0 Å². The molecule has 1 rings (SSSR count). The smallest absolute Gasteiger partial charge is 0.237 e. The lowest BCUT2D eigenvalue weighted by molar-refractivity contribution is -0.123. The van der Waals surface area contributed by atoms with Crippen molar-refractivity contribution >= 4 is 5.91 Å². The maximum atomic E-state index is 11.5. The lowest BCUT2D eigenvalue weighted by Crippen LogP contribution is -2.43. The highest BCUT2D eigenvalue weighted by Crippen LogP contribution is 1.99. The van der Waals surface area contributed by atoms with Crippen molar-refractivity contribution in [1.82, 2.24) is 15.1 Å². The summed E-state index contributed by atoms with van der Waals surface area (Å²) in [6.45, 7) is 4.27. The molecule has 0 aliphatic heterocycles. The molecule has 1 amide bonds. The molecule has 1 aromatic heterocycles. The van der Waals surface area contributed by atoms with E-state index in [4.69, 9.17) is 5.73 Å². The van der Waals surface area contributed by atoms with Crippen molar-refractivity contribution in [3.8, 4) is 0 Å². The zero-order valence-corrected chi connectivity index (χ0v) is 9.40. The zero-order chi connectivity index (χ0) is 11.4. The Morgan fingerprint density at radius 1 is 1.67 bits per heavy atom. The van der Waals surface area contributed by atoms with Gasteiger partial charge in [0.05, 0.1) is 18.3 Å². The molecule has 0 saturated carbocycles. The van der Waals surface area contributed by atoms with Gasteiger partial charge in [-0.25, -0.2) is 0 Å². The number of rotatable bonds is 4. The monoisotopic (exact) mass is 210 g/mol. The first kappa shape index (κ1) is 11.7. The standard InChI is InChI=1S/C10H18N4O/c1-7(2)9(11)10(15)12-6-8-4-5-14(3)13-8/h4-5,7,9H,6,11H2,1-3H3,(H,12,15)/t9-/m1/s1. The van der Waals surface area contributed by atoms with Crippen LogP contribution < -0.4 is 11.1 Å². The second-order valence-electron chi connectivity index (χ2n) is 3.97. The van der Waals surface area contributed by atoms with Crippen molar-refractivity contribution < 1.29 is 4.79 Å². The minimum Gasteiger partial charge on any atom is -0.349 e. The number of amides is 1.